The number of ether oxygens (including phenoxy) is 2. The molecule has 148 valence electrons. The van der Waals surface area contributed by atoms with Gasteiger partial charge in [-0.05, 0) is 42.5 Å². The number of rotatable bonds is 7. The number of nitrogens with zero attached hydrogens (tertiary/aromatic N) is 4. The Morgan fingerprint density at radius 2 is 1.52 bits per heavy atom. The van der Waals surface area contributed by atoms with Gasteiger partial charge in [-0.3, -0.25) is 0 Å². The second-order valence-corrected chi connectivity index (χ2v) is 7.10. The summed E-state index contributed by atoms with van der Waals surface area (Å²) in [5.74, 6) is 2.85. The number of aromatic nitrogens is 4. The van der Waals surface area contributed by atoms with Gasteiger partial charge in [0.15, 0.2) is 11.5 Å². The highest BCUT2D eigenvalue weighted by molar-refractivity contribution is 7.98. The van der Waals surface area contributed by atoms with Gasteiger partial charge in [0, 0.05) is 16.1 Å². The second-order valence-electron chi connectivity index (χ2n) is 5.74. The topological polar surface area (TPSA) is 96.3 Å². The van der Waals surface area contributed by atoms with Crippen LogP contribution < -0.4 is 9.47 Å². The van der Waals surface area contributed by atoms with E-state index in [0.717, 1.165) is 11.1 Å². The number of methoxy groups -OCH3 is 2. The first-order chi connectivity index (χ1) is 14.2. The van der Waals surface area contributed by atoms with Crippen molar-refractivity contribution >= 4 is 23.4 Å². The van der Waals surface area contributed by atoms with Gasteiger partial charge >= 0.3 is 0 Å². The molecule has 0 aliphatic heterocycles. The van der Waals surface area contributed by atoms with Gasteiger partial charge in [0.25, 0.3) is 5.22 Å². The number of thioether (sulfide) groups is 1. The minimum Gasteiger partial charge on any atom is -0.493 e. The summed E-state index contributed by atoms with van der Waals surface area (Å²) in [7, 11) is 3.15. The molecular formula is C19H15ClN4O4S. The largest absolute Gasteiger partial charge is 0.493 e. The molecule has 29 heavy (non-hydrogen) atoms. The molecule has 0 aliphatic carbocycles. The molecule has 2 aromatic carbocycles. The lowest BCUT2D eigenvalue weighted by atomic mass is 10.2. The molecule has 0 amide bonds. The van der Waals surface area contributed by atoms with Gasteiger partial charge in [0.1, 0.15) is 0 Å². The van der Waals surface area contributed by atoms with E-state index < -0.39 is 0 Å². The first-order valence-corrected chi connectivity index (χ1v) is 9.79. The van der Waals surface area contributed by atoms with E-state index in [1.54, 1.807) is 38.5 Å². The van der Waals surface area contributed by atoms with Crippen molar-refractivity contribution in [1.29, 1.82) is 0 Å². The van der Waals surface area contributed by atoms with Gasteiger partial charge in [0.05, 0.1) is 20.0 Å². The lowest BCUT2D eigenvalue weighted by Gasteiger charge is -2.07. The van der Waals surface area contributed by atoms with Gasteiger partial charge in [-0.1, -0.05) is 23.4 Å². The fourth-order valence-electron chi connectivity index (χ4n) is 2.50. The van der Waals surface area contributed by atoms with Crippen molar-refractivity contribution in [3.63, 3.8) is 0 Å². The molecule has 0 fully saturated rings. The average molecular weight is 431 g/mol. The third kappa shape index (κ3) is 4.36. The normalized spacial score (nSPS) is 10.9. The van der Waals surface area contributed by atoms with Gasteiger partial charge in [-0.25, -0.2) is 0 Å². The highest BCUT2D eigenvalue weighted by Gasteiger charge is 2.14. The van der Waals surface area contributed by atoms with Crippen molar-refractivity contribution < 1.29 is 18.3 Å². The summed E-state index contributed by atoms with van der Waals surface area (Å²) in [5.41, 5.74) is 1.52. The number of benzene rings is 2. The Morgan fingerprint density at radius 3 is 2.28 bits per heavy atom. The molecule has 0 N–H and O–H groups in total. The van der Waals surface area contributed by atoms with Crippen LogP contribution in [0.15, 0.2) is 56.5 Å². The fourth-order valence-corrected chi connectivity index (χ4v) is 3.22. The van der Waals surface area contributed by atoms with E-state index in [1.165, 1.54) is 11.8 Å². The Kier molecular flexibility index (Phi) is 5.68. The van der Waals surface area contributed by atoms with Gasteiger partial charge in [0.2, 0.25) is 17.7 Å². The minimum absolute atomic E-state index is 0.376. The van der Waals surface area contributed by atoms with Crippen molar-refractivity contribution in [2.24, 2.45) is 0 Å². The molecule has 4 aromatic rings. The summed E-state index contributed by atoms with van der Waals surface area (Å²) < 4.78 is 21.9. The van der Waals surface area contributed by atoms with Crippen LogP contribution in [0.25, 0.3) is 22.9 Å². The van der Waals surface area contributed by atoms with Crippen LogP contribution in [-0.4, -0.2) is 34.6 Å². The molecule has 2 aromatic heterocycles. The van der Waals surface area contributed by atoms with Crippen LogP contribution in [0, 0.1) is 0 Å². The highest BCUT2D eigenvalue weighted by Crippen LogP contribution is 2.33. The summed E-state index contributed by atoms with van der Waals surface area (Å²) in [6, 6.07) is 12.5. The van der Waals surface area contributed by atoms with Crippen molar-refractivity contribution in [2.45, 2.75) is 11.0 Å². The number of halogens is 1. The van der Waals surface area contributed by atoms with E-state index in [1.807, 2.05) is 18.2 Å². The van der Waals surface area contributed by atoms with E-state index in [9.17, 15) is 0 Å². The van der Waals surface area contributed by atoms with E-state index in [4.69, 9.17) is 29.9 Å². The lowest BCUT2D eigenvalue weighted by Crippen LogP contribution is -1.90. The van der Waals surface area contributed by atoms with E-state index in [-0.39, 0.29) is 0 Å². The van der Waals surface area contributed by atoms with Crippen molar-refractivity contribution in [3.8, 4) is 34.4 Å². The van der Waals surface area contributed by atoms with E-state index >= 15 is 0 Å². The maximum absolute atomic E-state index is 5.89. The Hall–Kier alpha value is -3.04. The first kappa shape index (κ1) is 19.3. The zero-order valence-corrected chi connectivity index (χ0v) is 17.0. The van der Waals surface area contributed by atoms with Gasteiger partial charge in [-0.15, -0.1) is 20.4 Å². The lowest BCUT2D eigenvalue weighted by molar-refractivity contribution is 0.355. The summed E-state index contributed by atoms with van der Waals surface area (Å²) in [4.78, 5) is 0. The molecule has 8 nitrogen and oxygen atoms in total. The summed E-state index contributed by atoms with van der Waals surface area (Å²) >= 11 is 7.20. The van der Waals surface area contributed by atoms with Crippen LogP contribution in [0.1, 0.15) is 5.89 Å². The monoisotopic (exact) mass is 430 g/mol. The van der Waals surface area contributed by atoms with Crippen LogP contribution in [0.3, 0.4) is 0 Å². The molecular weight excluding hydrogens is 416 g/mol. The number of hydrogen-bond donors (Lipinski definition) is 0. The molecule has 0 spiro atoms. The standard InChI is InChI=1S/C19H15ClN4O4S/c1-25-14-8-5-12(9-15(14)26-2)18-23-24-19(28-18)29-10-16-21-22-17(27-16)11-3-6-13(20)7-4-11/h3-9H,10H2,1-2H3. The predicted octanol–water partition coefficient (Wildman–Crippen LogP) is 4.75. The molecule has 0 radical (unpaired) electrons. The Morgan fingerprint density at radius 1 is 0.828 bits per heavy atom. The zero-order chi connectivity index (χ0) is 20.2. The fraction of sp³-hybridized carbons (Fsp3) is 0.158. The van der Waals surface area contributed by atoms with Crippen LogP contribution in [0.4, 0.5) is 0 Å². The Bertz CT molecular complexity index is 1110. The van der Waals surface area contributed by atoms with Crippen LogP contribution in [0.2, 0.25) is 5.02 Å². The average Bonchev–Trinajstić information content (AvgIpc) is 3.42. The molecule has 0 unspecified atom stereocenters. The maximum Gasteiger partial charge on any atom is 0.277 e. The minimum atomic E-state index is 0.376. The van der Waals surface area contributed by atoms with Crippen LogP contribution in [-0.2, 0) is 5.75 Å². The maximum atomic E-state index is 5.89. The molecule has 0 saturated heterocycles. The smallest absolute Gasteiger partial charge is 0.277 e. The van der Waals surface area contributed by atoms with Crippen LogP contribution >= 0.6 is 23.4 Å². The third-order valence-electron chi connectivity index (χ3n) is 3.91. The van der Waals surface area contributed by atoms with E-state index in [2.05, 4.69) is 20.4 Å². The van der Waals surface area contributed by atoms with Gasteiger partial charge < -0.3 is 18.3 Å². The summed E-state index contributed by atoms with van der Waals surface area (Å²) in [6.45, 7) is 0. The second kappa shape index (κ2) is 8.54. The molecule has 0 bridgehead atoms. The molecule has 10 heteroatoms. The quantitative estimate of drug-likeness (QED) is 0.384. The molecule has 4 rings (SSSR count). The SMILES string of the molecule is COc1ccc(-c2nnc(SCc3nnc(-c4ccc(Cl)cc4)o3)o2)cc1OC. The molecule has 0 saturated carbocycles. The third-order valence-corrected chi connectivity index (χ3v) is 4.97. The van der Waals surface area contributed by atoms with Crippen molar-refractivity contribution in [1.82, 2.24) is 20.4 Å². The van der Waals surface area contributed by atoms with E-state index in [0.29, 0.717) is 45.2 Å². The number of hydrogen-bond acceptors (Lipinski definition) is 9. The van der Waals surface area contributed by atoms with Crippen molar-refractivity contribution in [2.75, 3.05) is 14.2 Å². The summed E-state index contributed by atoms with van der Waals surface area (Å²) in [6.07, 6.45) is 0. The molecule has 0 atom stereocenters. The first-order valence-electron chi connectivity index (χ1n) is 8.43. The summed E-state index contributed by atoms with van der Waals surface area (Å²) in [5, 5.41) is 17.3. The van der Waals surface area contributed by atoms with Crippen molar-refractivity contribution in [3.05, 3.63) is 53.4 Å². The van der Waals surface area contributed by atoms with Gasteiger partial charge in [-0.2, -0.15) is 0 Å². The molecule has 0 aliphatic rings. The Labute approximate surface area is 175 Å². The van der Waals surface area contributed by atoms with Crippen LogP contribution in [0.5, 0.6) is 11.5 Å². The Balaban J connectivity index is 1.43. The predicted molar refractivity (Wildman–Crippen MR) is 107 cm³/mol. The molecule has 2 heterocycles. The zero-order valence-electron chi connectivity index (χ0n) is 15.5. The highest BCUT2D eigenvalue weighted by atomic mass is 35.5.